The Morgan fingerprint density at radius 1 is 1.11 bits per heavy atom. The molecule has 9 nitrogen and oxygen atoms in total. The van der Waals surface area contributed by atoms with Crippen LogP contribution in [0.15, 0.2) is 84.0 Å². The molecule has 5 rings (SSSR count). The summed E-state index contributed by atoms with van der Waals surface area (Å²) in [4.78, 5) is 29.3. The summed E-state index contributed by atoms with van der Waals surface area (Å²) < 4.78 is 3.72. The van der Waals surface area contributed by atoms with E-state index in [-0.39, 0.29) is 18.0 Å². The number of nitrogens with one attached hydrogen (secondary N) is 1. The van der Waals surface area contributed by atoms with Crippen molar-refractivity contribution in [2.45, 2.75) is 6.54 Å². The summed E-state index contributed by atoms with van der Waals surface area (Å²) in [6.45, 7) is 0.198. The van der Waals surface area contributed by atoms with Crippen LogP contribution in [-0.2, 0) is 6.54 Å². The molecule has 5 aromatic rings. The van der Waals surface area contributed by atoms with Crippen molar-refractivity contribution in [3.63, 3.8) is 0 Å². The zero-order chi connectivity index (χ0) is 24.4. The minimum atomic E-state index is -0.234. The van der Waals surface area contributed by atoms with E-state index in [4.69, 9.17) is 17.3 Å². The van der Waals surface area contributed by atoms with Gasteiger partial charge in [-0.25, -0.2) is 9.67 Å². The van der Waals surface area contributed by atoms with Crippen molar-refractivity contribution < 1.29 is 4.79 Å². The normalized spacial score (nSPS) is 10.9. The van der Waals surface area contributed by atoms with Gasteiger partial charge in [-0.15, -0.1) is 16.4 Å². The molecule has 0 unspecified atom stereocenters. The van der Waals surface area contributed by atoms with Gasteiger partial charge >= 0.3 is 0 Å². The third-order valence-electron chi connectivity index (χ3n) is 5.19. The molecule has 0 radical (unpaired) electrons. The Morgan fingerprint density at radius 2 is 2.00 bits per heavy atom. The third-order valence-corrected chi connectivity index (χ3v) is 6.42. The van der Waals surface area contributed by atoms with Crippen molar-refractivity contribution >= 4 is 34.7 Å². The van der Waals surface area contributed by atoms with Gasteiger partial charge in [-0.3, -0.25) is 14.2 Å². The number of aromatic nitrogens is 5. The number of benzene rings is 1. The Kier molecular flexibility index (Phi) is 6.13. The molecule has 0 aliphatic heterocycles. The highest BCUT2D eigenvalue weighted by atomic mass is 35.5. The fourth-order valence-corrected chi connectivity index (χ4v) is 4.51. The zero-order valence-corrected chi connectivity index (χ0v) is 19.7. The third kappa shape index (κ3) is 4.84. The predicted octanol–water partition coefficient (Wildman–Crippen LogP) is 3.71. The van der Waals surface area contributed by atoms with Gasteiger partial charge in [-0.1, -0.05) is 22.9 Å². The molecule has 35 heavy (non-hydrogen) atoms. The number of carbonyl (C=O) groups is 1. The lowest BCUT2D eigenvalue weighted by Crippen LogP contribution is -2.21. The monoisotopic (exact) mass is 503 g/mol. The Labute approximate surface area is 208 Å². The molecule has 0 aliphatic rings. The molecule has 4 heterocycles. The van der Waals surface area contributed by atoms with Gasteiger partial charge in [0, 0.05) is 29.7 Å². The van der Waals surface area contributed by atoms with Crippen LogP contribution < -0.4 is 16.6 Å². The zero-order valence-electron chi connectivity index (χ0n) is 18.1. The summed E-state index contributed by atoms with van der Waals surface area (Å²) in [6, 6.07) is 17.5. The van der Waals surface area contributed by atoms with E-state index in [9.17, 15) is 9.59 Å². The molecule has 0 fully saturated rings. The molecule has 11 heteroatoms. The Balaban J connectivity index is 1.48. The van der Waals surface area contributed by atoms with Crippen molar-refractivity contribution in [2.24, 2.45) is 0 Å². The van der Waals surface area contributed by atoms with Crippen LogP contribution in [0.4, 0.5) is 5.82 Å². The number of hydrogen-bond acceptors (Lipinski definition) is 7. The van der Waals surface area contributed by atoms with Gasteiger partial charge in [0.2, 0.25) is 0 Å². The lowest BCUT2D eigenvalue weighted by atomic mass is 10.0. The van der Waals surface area contributed by atoms with Gasteiger partial charge in [-0.05, 0) is 54.1 Å². The lowest BCUT2D eigenvalue weighted by Gasteiger charge is -2.13. The maximum absolute atomic E-state index is 12.4. The van der Waals surface area contributed by atoms with E-state index in [0.717, 1.165) is 16.8 Å². The Bertz CT molecular complexity index is 1590. The number of nitrogens with zero attached hydrogens (tertiary/aromatic N) is 5. The van der Waals surface area contributed by atoms with Gasteiger partial charge in [0.25, 0.3) is 11.5 Å². The standard InChI is InChI=1S/C24H18ClN7O2S/c25-21-7-6-20(35-21)24(34)28-13-16-14-32(30-29-16)19-5-4-17(31-10-2-1-3-23(31)33)12-18(19)15-8-9-27-22(26)11-15/h1-12,14H,13H2,(H2,26,27)(H,28,34). The van der Waals surface area contributed by atoms with Crippen LogP contribution in [0, 0.1) is 0 Å². The average molecular weight is 504 g/mol. The van der Waals surface area contributed by atoms with Gasteiger partial charge < -0.3 is 11.1 Å². The van der Waals surface area contributed by atoms with E-state index in [1.165, 1.54) is 17.4 Å². The number of hydrogen-bond donors (Lipinski definition) is 2. The van der Waals surface area contributed by atoms with Crippen molar-refractivity contribution in [2.75, 3.05) is 5.73 Å². The predicted molar refractivity (Wildman–Crippen MR) is 135 cm³/mol. The molecule has 0 atom stereocenters. The van der Waals surface area contributed by atoms with Crippen molar-refractivity contribution in [1.82, 2.24) is 29.9 Å². The number of pyridine rings is 2. The van der Waals surface area contributed by atoms with Gasteiger partial charge in [-0.2, -0.15) is 0 Å². The molecule has 174 valence electrons. The van der Waals surface area contributed by atoms with E-state index < -0.39 is 0 Å². The number of thiophene rings is 1. The minimum Gasteiger partial charge on any atom is -0.384 e. The van der Waals surface area contributed by atoms with Crippen LogP contribution >= 0.6 is 22.9 Å². The molecule has 0 aliphatic carbocycles. The average Bonchev–Trinajstić information content (AvgIpc) is 3.52. The van der Waals surface area contributed by atoms with E-state index in [0.29, 0.717) is 26.4 Å². The number of carbonyl (C=O) groups excluding carboxylic acids is 1. The fourth-order valence-electron chi connectivity index (χ4n) is 3.55. The van der Waals surface area contributed by atoms with Crippen LogP contribution in [0.1, 0.15) is 15.4 Å². The number of nitrogens with two attached hydrogens (primary N) is 1. The van der Waals surface area contributed by atoms with Crippen molar-refractivity contribution in [3.8, 4) is 22.5 Å². The summed E-state index contributed by atoms with van der Waals surface area (Å²) in [6.07, 6.45) is 5.06. The topological polar surface area (TPSA) is 121 Å². The molecule has 0 bridgehead atoms. The van der Waals surface area contributed by atoms with Crippen LogP contribution in [0.25, 0.3) is 22.5 Å². The number of amides is 1. The Hall–Kier alpha value is -4.28. The second-order valence-electron chi connectivity index (χ2n) is 7.52. The highest BCUT2D eigenvalue weighted by Crippen LogP contribution is 2.29. The van der Waals surface area contributed by atoms with E-state index >= 15 is 0 Å². The summed E-state index contributed by atoms with van der Waals surface area (Å²) in [5, 5.41) is 11.3. The fraction of sp³-hybridized carbons (Fsp3) is 0.0417. The maximum atomic E-state index is 12.4. The first-order valence-electron chi connectivity index (χ1n) is 10.5. The van der Waals surface area contributed by atoms with Gasteiger partial charge in [0.05, 0.1) is 27.6 Å². The summed E-state index contributed by atoms with van der Waals surface area (Å²) in [5.74, 6) is 0.133. The quantitative estimate of drug-likeness (QED) is 0.364. The summed E-state index contributed by atoms with van der Waals surface area (Å²) in [7, 11) is 0. The van der Waals surface area contributed by atoms with Crippen molar-refractivity contribution in [3.05, 3.63) is 105 Å². The molecule has 3 N–H and O–H groups in total. The van der Waals surface area contributed by atoms with E-state index in [1.54, 1.807) is 58.2 Å². The SMILES string of the molecule is Nc1cc(-c2cc(-n3ccccc3=O)ccc2-n2cc(CNC(=O)c3ccc(Cl)s3)nn2)ccn1. The number of anilines is 1. The molecular formula is C24H18ClN7O2S. The van der Waals surface area contributed by atoms with Crippen molar-refractivity contribution in [1.29, 1.82) is 0 Å². The second kappa shape index (κ2) is 9.53. The maximum Gasteiger partial charge on any atom is 0.261 e. The molecular weight excluding hydrogens is 486 g/mol. The minimum absolute atomic E-state index is 0.147. The lowest BCUT2D eigenvalue weighted by molar-refractivity contribution is 0.0954. The highest BCUT2D eigenvalue weighted by Gasteiger charge is 2.14. The Morgan fingerprint density at radius 3 is 2.77 bits per heavy atom. The van der Waals surface area contributed by atoms with Gasteiger partial charge in [0.15, 0.2) is 0 Å². The van der Waals surface area contributed by atoms with E-state index in [1.807, 2.05) is 24.3 Å². The summed E-state index contributed by atoms with van der Waals surface area (Å²) in [5.41, 5.74) is 9.35. The van der Waals surface area contributed by atoms with Crippen LogP contribution in [0.5, 0.6) is 0 Å². The van der Waals surface area contributed by atoms with Crippen LogP contribution in [0.3, 0.4) is 0 Å². The largest absolute Gasteiger partial charge is 0.384 e. The molecule has 0 saturated carbocycles. The van der Waals surface area contributed by atoms with Gasteiger partial charge in [0.1, 0.15) is 11.5 Å². The second-order valence-corrected chi connectivity index (χ2v) is 9.24. The van der Waals surface area contributed by atoms with Crippen LogP contribution in [-0.4, -0.2) is 30.5 Å². The first-order chi connectivity index (χ1) is 17.0. The number of nitrogen functional groups attached to an aromatic ring is 1. The molecule has 0 saturated heterocycles. The molecule has 0 spiro atoms. The summed E-state index contributed by atoms with van der Waals surface area (Å²) >= 11 is 7.12. The first kappa shape index (κ1) is 22.5. The molecule has 4 aromatic heterocycles. The molecule has 1 aromatic carbocycles. The number of rotatable bonds is 6. The highest BCUT2D eigenvalue weighted by molar-refractivity contribution is 7.17. The molecule has 1 amide bonds. The first-order valence-corrected chi connectivity index (χ1v) is 11.7. The smallest absolute Gasteiger partial charge is 0.261 e. The van der Waals surface area contributed by atoms with Crippen LogP contribution in [0.2, 0.25) is 4.34 Å². The number of halogens is 1. The van der Waals surface area contributed by atoms with E-state index in [2.05, 4.69) is 20.6 Å².